The number of hydrogen-bond acceptors (Lipinski definition) is 5. The van der Waals surface area contributed by atoms with E-state index in [1.807, 2.05) is 0 Å². The average molecular weight is 271 g/mol. The number of benzene rings is 1. The third-order valence-electron chi connectivity index (χ3n) is 2.85. The largest absolute Gasteiger partial charge is 0.326 e. The van der Waals surface area contributed by atoms with Crippen LogP contribution < -0.4 is 5.73 Å². The summed E-state index contributed by atoms with van der Waals surface area (Å²) in [5.41, 5.74) is 5.43. The monoisotopic (exact) mass is 271 g/mol. The highest BCUT2D eigenvalue weighted by atomic mass is 32.2. The van der Waals surface area contributed by atoms with Crippen LogP contribution in [0.5, 0.6) is 0 Å². The second kappa shape index (κ2) is 4.63. The Kier molecular flexibility index (Phi) is 3.33. The molecule has 7 nitrogen and oxygen atoms in total. The number of nitro benzene ring substituents is 1. The van der Waals surface area contributed by atoms with Gasteiger partial charge < -0.3 is 5.73 Å². The van der Waals surface area contributed by atoms with E-state index < -0.39 is 14.9 Å². The molecule has 1 atom stereocenters. The number of hydrogen-bond donors (Lipinski definition) is 1. The molecule has 1 aromatic rings. The van der Waals surface area contributed by atoms with Crippen LogP contribution in [0.1, 0.15) is 6.42 Å². The fourth-order valence-corrected chi connectivity index (χ4v) is 3.43. The molecule has 1 heterocycles. The van der Waals surface area contributed by atoms with E-state index in [1.165, 1.54) is 22.5 Å². The summed E-state index contributed by atoms with van der Waals surface area (Å²) in [6, 6.07) is 4.87. The van der Waals surface area contributed by atoms with E-state index in [9.17, 15) is 18.5 Å². The van der Waals surface area contributed by atoms with Crippen LogP contribution in [0.3, 0.4) is 0 Å². The normalized spacial score (nSPS) is 21.1. The summed E-state index contributed by atoms with van der Waals surface area (Å²) in [5.74, 6) is 0. The van der Waals surface area contributed by atoms with Crippen molar-refractivity contribution in [3.63, 3.8) is 0 Å². The molecule has 2 N–H and O–H groups in total. The minimum Gasteiger partial charge on any atom is -0.326 e. The lowest BCUT2D eigenvalue weighted by Crippen LogP contribution is -2.31. The SMILES string of the molecule is NC1CCN(S(=O)(=O)c2cccc([N+](=O)[O-])c2)C1. The molecule has 0 aromatic heterocycles. The molecule has 2 rings (SSSR count). The van der Waals surface area contributed by atoms with Gasteiger partial charge in [0.1, 0.15) is 0 Å². The predicted octanol–water partition coefficient (Wildman–Crippen LogP) is 0.316. The maximum absolute atomic E-state index is 12.2. The third kappa shape index (κ3) is 2.35. The maximum atomic E-state index is 12.2. The Morgan fingerprint density at radius 2 is 2.17 bits per heavy atom. The van der Waals surface area contributed by atoms with Gasteiger partial charge in [0.15, 0.2) is 0 Å². The summed E-state index contributed by atoms with van der Waals surface area (Å²) < 4.78 is 25.7. The van der Waals surface area contributed by atoms with Crippen LogP contribution in [-0.2, 0) is 10.0 Å². The summed E-state index contributed by atoms with van der Waals surface area (Å²) in [7, 11) is -3.68. The molecule has 1 unspecified atom stereocenters. The molecular formula is C10H13N3O4S. The maximum Gasteiger partial charge on any atom is 0.270 e. The Labute approximate surface area is 104 Å². The third-order valence-corrected chi connectivity index (χ3v) is 4.71. The van der Waals surface area contributed by atoms with Crippen molar-refractivity contribution in [3.8, 4) is 0 Å². The lowest BCUT2D eigenvalue weighted by atomic mass is 10.3. The van der Waals surface area contributed by atoms with Crippen LogP contribution in [0.15, 0.2) is 29.2 Å². The topological polar surface area (TPSA) is 107 Å². The molecule has 0 saturated carbocycles. The fraction of sp³-hybridized carbons (Fsp3) is 0.400. The zero-order valence-corrected chi connectivity index (χ0v) is 10.3. The summed E-state index contributed by atoms with van der Waals surface area (Å²) >= 11 is 0. The van der Waals surface area contributed by atoms with Gasteiger partial charge >= 0.3 is 0 Å². The van der Waals surface area contributed by atoms with Crippen LogP contribution in [0.4, 0.5) is 5.69 Å². The molecule has 0 amide bonds. The van der Waals surface area contributed by atoms with Crippen molar-refractivity contribution >= 4 is 15.7 Å². The van der Waals surface area contributed by atoms with Gasteiger partial charge in [0.2, 0.25) is 10.0 Å². The number of non-ortho nitro benzene ring substituents is 1. The van der Waals surface area contributed by atoms with Gasteiger partial charge in [0, 0.05) is 31.3 Å². The van der Waals surface area contributed by atoms with Crippen molar-refractivity contribution in [3.05, 3.63) is 34.4 Å². The Morgan fingerprint density at radius 3 is 2.72 bits per heavy atom. The second-order valence-corrected chi connectivity index (χ2v) is 6.10. The summed E-state index contributed by atoms with van der Waals surface area (Å²) in [5, 5.41) is 10.6. The van der Waals surface area contributed by atoms with Gasteiger partial charge in [-0.1, -0.05) is 6.07 Å². The fourth-order valence-electron chi connectivity index (χ4n) is 1.88. The van der Waals surface area contributed by atoms with Crippen LogP contribution in [0.2, 0.25) is 0 Å². The number of nitrogens with two attached hydrogens (primary N) is 1. The first-order chi connectivity index (χ1) is 8.41. The molecule has 0 radical (unpaired) electrons. The molecule has 0 spiro atoms. The summed E-state index contributed by atoms with van der Waals surface area (Å²) in [6.07, 6.45) is 0.605. The van der Waals surface area contributed by atoms with E-state index >= 15 is 0 Å². The Bertz CT molecular complexity index is 572. The number of sulfonamides is 1. The van der Waals surface area contributed by atoms with E-state index in [0.717, 1.165) is 6.07 Å². The minimum atomic E-state index is -3.68. The number of nitro groups is 1. The molecule has 0 aliphatic carbocycles. The zero-order chi connectivity index (χ0) is 13.3. The average Bonchev–Trinajstić information content (AvgIpc) is 2.77. The van der Waals surface area contributed by atoms with Crippen LogP contribution in [0, 0.1) is 10.1 Å². The second-order valence-electron chi connectivity index (χ2n) is 4.17. The Morgan fingerprint density at radius 1 is 1.44 bits per heavy atom. The zero-order valence-electron chi connectivity index (χ0n) is 9.52. The van der Waals surface area contributed by atoms with Crippen molar-refractivity contribution < 1.29 is 13.3 Å². The molecular weight excluding hydrogens is 258 g/mol. The summed E-state index contributed by atoms with van der Waals surface area (Å²) in [4.78, 5) is 9.95. The first-order valence-electron chi connectivity index (χ1n) is 5.41. The molecule has 1 saturated heterocycles. The predicted molar refractivity (Wildman–Crippen MR) is 64.4 cm³/mol. The van der Waals surface area contributed by atoms with Gasteiger partial charge in [-0.3, -0.25) is 10.1 Å². The highest BCUT2D eigenvalue weighted by molar-refractivity contribution is 7.89. The van der Waals surface area contributed by atoms with Crippen molar-refractivity contribution in [1.82, 2.24) is 4.31 Å². The van der Waals surface area contributed by atoms with Crippen molar-refractivity contribution in [1.29, 1.82) is 0 Å². The van der Waals surface area contributed by atoms with Crippen LogP contribution in [-0.4, -0.2) is 36.8 Å². The smallest absolute Gasteiger partial charge is 0.270 e. The Hall–Kier alpha value is -1.51. The molecule has 1 fully saturated rings. The molecule has 1 aliphatic heterocycles. The molecule has 1 aliphatic rings. The first kappa shape index (κ1) is 12.9. The van der Waals surface area contributed by atoms with Gasteiger partial charge in [-0.15, -0.1) is 0 Å². The molecule has 0 bridgehead atoms. The van der Waals surface area contributed by atoms with Crippen molar-refractivity contribution in [2.75, 3.05) is 13.1 Å². The van der Waals surface area contributed by atoms with E-state index in [1.54, 1.807) is 0 Å². The standard InChI is InChI=1S/C10H13N3O4S/c11-8-4-5-12(7-8)18(16,17)10-3-1-2-9(6-10)13(14)15/h1-3,6,8H,4-5,7,11H2. The summed E-state index contributed by atoms with van der Waals surface area (Å²) in [6.45, 7) is 0.608. The molecule has 18 heavy (non-hydrogen) atoms. The molecule has 98 valence electrons. The van der Waals surface area contributed by atoms with Gasteiger partial charge in [0.25, 0.3) is 5.69 Å². The minimum absolute atomic E-state index is 0.0641. The number of nitrogens with zero attached hydrogens (tertiary/aromatic N) is 2. The van der Waals surface area contributed by atoms with Gasteiger partial charge in [-0.2, -0.15) is 4.31 Å². The number of rotatable bonds is 3. The van der Waals surface area contributed by atoms with Gasteiger partial charge in [-0.25, -0.2) is 8.42 Å². The Balaban J connectivity index is 2.35. The highest BCUT2D eigenvalue weighted by Gasteiger charge is 2.31. The van der Waals surface area contributed by atoms with E-state index in [-0.39, 0.29) is 23.2 Å². The first-order valence-corrected chi connectivity index (χ1v) is 6.85. The van der Waals surface area contributed by atoms with Crippen LogP contribution >= 0.6 is 0 Å². The highest BCUT2D eigenvalue weighted by Crippen LogP contribution is 2.23. The van der Waals surface area contributed by atoms with Crippen molar-refractivity contribution in [2.45, 2.75) is 17.4 Å². The van der Waals surface area contributed by atoms with Crippen molar-refractivity contribution in [2.24, 2.45) is 5.73 Å². The van der Waals surface area contributed by atoms with E-state index in [4.69, 9.17) is 5.73 Å². The quantitative estimate of drug-likeness (QED) is 0.629. The van der Waals surface area contributed by atoms with E-state index in [2.05, 4.69) is 0 Å². The van der Waals surface area contributed by atoms with Crippen LogP contribution in [0.25, 0.3) is 0 Å². The van der Waals surface area contributed by atoms with E-state index in [0.29, 0.717) is 13.0 Å². The molecule has 8 heteroatoms. The van der Waals surface area contributed by atoms with Gasteiger partial charge in [0.05, 0.1) is 9.82 Å². The van der Waals surface area contributed by atoms with Gasteiger partial charge in [-0.05, 0) is 12.5 Å². The molecule has 1 aromatic carbocycles. The lowest BCUT2D eigenvalue weighted by Gasteiger charge is -2.15. The lowest BCUT2D eigenvalue weighted by molar-refractivity contribution is -0.385.